The molecule has 0 unspecified atom stereocenters. The van der Waals surface area contributed by atoms with Crippen LogP contribution in [0, 0.1) is 11.6 Å². The van der Waals surface area contributed by atoms with E-state index in [4.69, 9.17) is 0 Å². The SMILES string of the molecule is CN(Cc1ccc(CNNC(F)F)cc1F)c1cccc(F)c1. The molecule has 124 valence electrons. The van der Waals surface area contributed by atoms with Gasteiger partial charge in [-0.05, 0) is 29.8 Å². The molecule has 0 spiro atoms. The van der Waals surface area contributed by atoms with Crippen LogP contribution >= 0.6 is 0 Å². The fraction of sp³-hybridized carbons (Fsp3) is 0.250. The number of rotatable bonds is 7. The molecule has 0 saturated heterocycles. The Morgan fingerprint density at radius 1 is 1.09 bits per heavy atom. The van der Waals surface area contributed by atoms with Gasteiger partial charge in [-0.2, -0.15) is 14.2 Å². The molecule has 0 radical (unpaired) electrons. The van der Waals surface area contributed by atoms with Crippen molar-refractivity contribution in [3.63, 3.8) is 0 Å². The molecule has 2 aromatic rings. The fourth-order valence-corrected chi connectivity index (χ4v) is 2.12. The summed E-state index contributed by atoms with van der Waals surface area (Å²) >= 11 is 0. The summed E-state index contributed by atoms with van der Waals surface area (Å²) in [6, 6.07) is 10.5. The average molecular weight is 327 g/mol. The van der Waals surface area contributed by atoms with Crippen molar-refractivity contribution in [2.75, 3.05) is 11.9 Å². The first-order valence-corrected chi connectivity index (χ1v) is 6.96. The number of halogens is 4. The molecule has 0 heterocycles. The van der Waals surface area contributed by atoms with Gasteiger partial charge in [-0.3, -0.25) is 0 Å². The van der Waals surface area contributed by atoms with Gasteiger partial charge in [-0.15, -0.1) is 0 Å². The van der Waals surface area contributed by atoms with Crippen LogP contribution in [0.4, 0.5) is 23.2 Å². The Labute approximate surface area is 131 Å². The van der Waals surface area contributed by atoms with E-state index in [1.54, 1.807) is 41.6 Å². The standard InChI is InChI=1S/C16H17F4N3/c1-23(14-4-2-3-13(17)8-14)10-12-6-5-11(7-15(12)18)9-21-22-16(19)20/h2-8,16,21-22H,9-10H2,1H3. The van der Waals surface area contributed by atoms with Crippen molar-refractivity contribution in [3.05, 3.63) is 65.2 Å². The summed E-state index contributed by atoms with van der Waals surface area (Å²) in [5.41, 5.74) is 5.64. The topological polar surface area (TPSA) is 27.3 Å². The number of hydrogen-bond acceptors (Lipinski definition) is 3. The molecule has 0 aromatic heterocycles. The number of nitrogens with zero attached hydrogens (tertiary/aromatic N) is 1. The van der Waals surface area contributed by atoms with Crippen molar-refractivity contribution in [1.29, 1.82) is 0 Å². The van der Waals surface area contributed by atoms with E-state index in [1.807, 2.05) is 0 Å². The zero-order chi connectivity index (χ0) is 16.8. The monoisotopic (exact) mass is 327 g/mol. The largest absolute Gasteiger partial charge is 0.370 e. The summed E-state index contributed by atoms with van der Waals surface area (Å²) in [4.78, 5) is 1.72. The maximum Gasteiger partial charge on any atom is 0.304 e. The van der Waals surface area contributed by atoms with E-state index in [1.165, 1.54) is 18.2 Å². The lowest BCUT2D eigenvalue weighted by Crippen LogP contribution is -2.35. The molecule has 2 rings (SSSR count). The van der Waals surface area contributed by atoms with Crippen molar-refractivity contribution < 1.29 is 17.6 Å². The van der Waals surface area contributed by atoms with Crippen LogP contribution in [-0.4, -0.2) is 13.6 Å². The third kappa shape index (κ3) is 5.22. The van der Waals surface area contributed by atoms with Gasteiger partial charge in [0.1, 0.15) is 11.6 Å². The molecule has 0 fully saturated rings. The Morgan fingerprint density at radius 2 is 1.87 bits per heavy atom. The number of benzene rings is 2. The second-order valence-corrected chi connectivity index (χ2v) is 5.06. The highest BCUT2D eigenvalue weighted by Gasteiger charge is 2.09. The van der Waals surface area contributed by atoms with Gasteiger partial charge in [0.15, 0.2) is 0 Å². The molecule has 0 aliphatic carbocycles. The number of hydrazine groups is 1. The third-order valence-electron chi connectivity index (χ3n) is 3.28. The maximum atomic E-state index is 14.1. The van der Waals surface area contributed by atoms with Crippen LogP contribution in [0.1, 0.15) is 11.1 Å². The van der Waals surface area contributed by atoms with Gasteiger partial charge in [-0.1, -0.05) is 18.2 Å². The number of nitrogens with one attached hydrogen (secondary N) is 2. The van der Waals surface area contributed by atoms with Crippen LogP contribution in [0.25, 0.3) is 0 Å². The summed E-state index contributed by atoms with van der Waals surface area (Å²) in [5.74, 6) is -0.799. The van der Waals surface area contributed by atoms with E-state index in [2.05, 4.69) is 5.43 Å². The molecule has 3 nitrogen and oxygen atoms in total. The predicted octanol–water partition coefficient (Wildman–Crippen LogP) is 3.42. The number of hydrogen-bond donors (Lipinski definition) is 2. The minimum absolute atomic E-state index is 0.0707. The van der Waals surface area contributed by atoms with Gasteiger partial charge in [0.05, 0.1) is 0 Å². The Bertz CT molecular complexity index is 649. The smallest absolute Gasteiger partial charge is 0.304 e. The Morgan fingerprint density at radius 3 is 2.52 bits per heavy atom. The lowest BCUT2D eigenvalue weighted by atomic mass is 10.1. The Kier molecular flexibility index (Phi) is 5.95. The Hall–Kier alpha value is -2.12. The van der Waals surface area contributed by atoms with Crippen molar-refractivity contribution in [2.45, 2.75) is 19.6 Å². The molecule has 7 heteroatoms. The highest BCUT2D eigenvalue weighted by molar-refractivity contribution is 5.46. The molecule has 0 bridgehead atoms. The van der Waals surface area contributed by atoms with Gasteiger partial charge in [0.25, 0.3) is 0 Å². The van der Waals surface area contributed by atoms with Gasteiger partial charge in [-0.25, -0.2) is 14.2 Å². The first-order valence-electron chi connectivity index (χ1n) is 6.96. The summed E-state index contributed by atoms with van der Waals surface area (Å²) in [6.45, 7) is -2.35. The van der Waals surface area contributed by atoms with Crippen molar-refractivity contribution >= 4 is 5.69 Å². The van der Waals surface area contributed by atoms with E-state index in [9.17, 15) is 17.6 Å². The zero-order valence-electron chi connectivity index (χ0n) is 12.5. The van der Waals surface area contributed by atoms with Gasteiger partial charge in [0.2, 0.25) is 0 Å². The molecule has 0 saturated carbocycles. The first kappa shape index (κ1) is 17.2. The summed E-state index contributed by atoms with van der Waals surface area (Å²) in [7, 11) is 1.73. The maximum absolute atomic E-state index is 14.1. The van der Waals surface area contributed by atoms with E-state index in [-0.39, 0.29) is 18.9 Å². The van der Waals surface area contributed by atoms with Gasteiger partial charge >= 0.3 is 6.55 Å². The zero-order valence-corrected chi connectivity index (χ0v) is 12.5. The van der Waals surface area contributed by atoms with Crippen molar-refractivity contribution in [3.8, 4) is 0 Å². The molecule has 0 amide bonds. The molecule has 0 aliphatic rings. The van der Waals surface area contributed by atoms with E-state index >= 15 is 0 Å². The quantitative estimate of drug-likeness (QED) is 0.464. The lowest BCUT2D eigenvalue weighted by molar-refractivity contribution is 0.0885. The molecule has 2 aromatic carbocycles. The van der Waals surface area contributed by atoms with Crippen molar-refractivity contribution in [1.82, 2.24) is 10.9 Å². The van der Waals surface area contributed by atoms with Crippen LogP contribution in [0.5, 0.6) is 0 Å². The number of anilines is 1. The minimum atomic E-state index is -2.68. The molecular weight excluding hydrogens is 310 g/mol. The first-order chi connectivity index (χ1) is 11.0. The second kappa shape index (κ2) is 7.94. The normalized spacial score (nSPS) is 11.0. The number of alkyl halides is 2. The van der Waals surface area contributed by atoms with Crippen LogP contribution in [-0.2, 0) is 13.1 Å². The fourth-order valence-electron chi connectivity index (χ4n) is 2.12. The van der Waals surface area contributed by atoms with Crippen molar-refractivity contribution in [2.24, 2.45) is 0 Å². The second-order valence-electron chi connectivity index (χ2n) is 5.06. The van der Waals surface area contributed by atoms with Crippen LogP contribution in [0.3, 0.4) is 0 Å². The molecular formula is C16H17F4N3. The summed E-state index contributed by atoms with van der Waals surface area (Å²) in [5, 5.41) is 0. The van der Waals surface area contributed by atoms with Gasteiger partial charge < -0.3 is 4.90 Å². The molecule has 0 aliphatic heterocycles. The predicted molar refractivity (Wildman–Crippen MR) is 80.9 cm³/mol. The van der Waals surface area contributed by atoms with E-state index in [0.29, 0.717) is 16.8 Å². The van der Waals surface area contributed by atoms with E-state index in [0.717, 1.165) is 0 Å². The average Bonchev–Trinajstić information content (AvgIpc) is 2.49. The molecule has 2 N–H and O–H groups in total. The highest BCUT2D eigenvalue weighted by atomic mass is 19.3. The third-order valence-corrected chi connectivity index (χ3v) is 3.28. The minimum Gasteiger partial charge on any atom is -0.370 e. The Balaban J connectivity index is 2.00. The summed E-state index contributed by atoms with van der Waals surface area (Å²) in [6.07, 6.45) is 0. The molecule has 23 heavy (non-hydrogen) atoms. The van der Waals surface area contributed by atoms with Crippen LogP contribution in [0.2, 0.25) is 0 Å². The summed E-state index contributed by atoms with van der Waals surface area (Å²) < 4.78 is 51.2. The van der Waals surface area contributed by atoms with Crippen LogP contribution in [0.15, 0.2) is 42.5 Å². The lowest BCUT2D eigenvalue weighted by Gasteiger charge is -2.20. The highest BCUT2D eigenvalue weighted by Crippen LogP contribution is 2.18. The van der Waals surface area contributed by atoms with Crippen LogP contribution < -0.4 is 15.8 Å². The van der Waals surface area contributed by atoms with E-state index < -0.39 is 12.4 Å². The molecule has 0 atom stereocenters. The van der Waals surface area contributed by atoms with Gasteiger partial charge in [0, 0.05) is 31.4 Å².